The number of halogens is 2. The number of aromatic nitrogens is 3. The van der Waals surface area contributed by atoms with Crippen molar-refractivity contribution < 1.29 is 9.53 Å². The molecule has 1 amide bonds. The Balaban J connectivity index is 1.99. The highest BCUT2D eigenvalue weighted by Gasteiger charge is 2.20. The molecule has 0 aliphatic rings. The van der Waals surface area contributed by atoms with Crippen LogP contribution in [0, 0.1) is 5.92 Å². The molecule has 0 aliphatic heterocycles. The fourth-order valence-electron chi connectivity index (χ4n) is 2.29. The number of carbonyl (C=O) groups is 1. The van der Waals surface area contributed by atoms with E-state index in [0.717, 1.165) is 6.42 Å². The maximum absolute atomic E-state index is 12.2. The highest BCUT2D eigenvalue weighted by atomic mass is 35.5. The number of benzene rings is 1. The van der Waals surface area contributed by atoms with Crippen LogP contribution in [0.15, 0.2) is 24.5 Å². The van der Waals surface area contributed by atoms with Crippen LogP contribution in [0.25, 0.3) is 0 Å². The predicted molar refractivity (Wildman–Crippen MR) is 93.3 cm³/mol. The fourth-order valence-corrected chi connectivity index (χ4v) is 2.76. The zero-order valence-electron chi connectivity index (χ0n) is 13.8. The first-order valence-electron chi connectivity index (χ1n) is 7.58. The first-order chi connectivity index (χ1) is 11.4. The first kappa shape index (κ1) is 18.5. The monoisotopic (exact) mass is 370 g/mol. The summed E-state index contributed by atoms with van der Waals surface area (Å²) in [5, 5.41) is 7.87. The predicted octanol–water partition coefficient (Wildman–Crippen LogP) is 3.40. The van der Waals surface area contributed by atoms with E-state index in [1.807, 2.05) is 0 Å². The summed E-state index contributed by atoms with van der Waals surface area (Å²) in [5.41, 5.74) is 0. The molecule has 24 heavy (non-hydrogen) atoms. The fraction of sp³-hybridized carbons (Fsp3) is 0.438. The lowest BCUT2D eigenvalue weighted by Gasteiger charge is -2.20. The summed E-state index contributed by atoms with van der Waals surface area (Å²) in [7, 11) is 1.80. The van der Waals surface area contributed by atoms with Gasteiger partial charge < -0.3 is 10.1 Å². The lowest BCUT2D eigenvalue weighted by molar-refractivity contribution is -0.124. The van der Waals surface area contributed by atoms with E-state index < -0.39 is 0 Å². The molecule has 1 aromatic carbocycles. The molecule has 0 unspecified atom stereocenters. The van der Waals surface area contributed by atoms with E-state index >= 15 is 0 Å². The van der Waals surface area contributed by atoms with Crippen LogP contribution < -0.4 is 10.1 Å². The summed E-state index contributed by atoms with van der Waals surface area (Å²) < 4.78 is 7.12. The maximum atomic E-state index is 12.2. The summed E-state index contributed by atoms with van der Waals surface area (Å²) in [6, 6.07) is 4.63. The summed E-state index contributed by atoms with van der Waals surface area (Å²) in [5.74, 6) is 1.25. The number of nitrogens with zero attached hydrogens (tertiary/aromatic N) is 3. The van der Waals surface area contributed by atoms with E-state index in [0.29, 0.717) is 27.5 Å². The Morgan fingerprint density at radius 3 is 2.71 bits per heavy atom. The van der Waals surface area contributed by atoms with Gasteiger partial charge in [-0.2, -0.15) is 5.10 Å². The van der Waals surface area contributed by atoms with Crippen molar-refractivity contribution in [2.75, 3.05) is 6.61 Å². The van der Waals surface area contributed by atoms with Crippen LogP contribution in [0.1, 0.15) is 32.1 Å². The van der Waals surface area contributed by atoms with Crippen LogP contribution in [0.4, 0.5) is 0 Å². The standard InChI is InChI=1S/C16H20Cl2N4O2/c1-10(2)6-13(16-19-9-20-22(16)3)21-15(23)8-24-14-5-4-11(17)7-12(14)18/h4-5,7,9-10,13H,6,8H2,1-3H3,(H,21,23)/t13-/m0/s1. The minimum atomic E-state index is -0.255. The Bertz CT molecular complexity index is 703. The lowest BCUT2D eigenvalue weighted by atomic mass is 10.0. The molecule has 0 aliphatic carbocycles. The molecule has 1 N–H and O–H groups in total. The van der Waals surface area contributed by atoms with Gasteiger partial charge in [-0.1, -0.05) is 37.0 Å². The summed E-state index contributed by atoms with van der Waals surface area (Å²) >= 11 is 11.9. The van der Waals surface area contributed by atoms with Gasteiger partial charge in [0.05, 0.1) is 11.1 Å². The van der Waals surface area contributed by atoms with Gasteiger partial charge in [-0.05, 0) is 30.5 Å². The number of ether oxygens (including phenoxy) is 1. The molecule has 8 heteroatoms. The molecule has 1 atom stereocenters. The van der Waals surface area contributed by atoms with Crippen molar-refractivity contribution in [1.29, 1.82) is 0 Å². The van der Waals surface area contributed by atoms with E-state index in [1.54, 1.807) is 29.9 Å². The molecular weight excluding hydrogens is 351 g/mol. The van der Waals surface area contributed by atoms with Gasteiger partial charge in [-0.25, -0.2) is 4.98 Å². The molecule has 2 rings (SSSR count). The second kappa shape index (κ2) is 8.35. The number of hydrogen-bond acceptors (Lipinski definition) is 4. The van der Waals surface area contributed by atoms with Crippen LogP contribution in [0.3, 0.4) is 0 Å². The Morgan fingerprint density at radius 1 is 1.38 bits per heavy atom. The molecule has 0 radical (unpaired) electrons. The number of rotatable bonds is 7. The molecule has 0 fully saturated rings. The van der Waals surface area contributed by atoms with Crippen molar-refractivity contribution >= 4 is 29.1 Å². The second-order valence-corrected chi connectivity index (χ2v) is 6.70. The van der Waals surface area contributed by atoms with Crippen LogP contribution in [-0.4, -0.2) is 27.3 Å². The van der Waals surface area contributed by atoms with Gasteiger partial charge in [0.15, 0.2) is 6.61 Å². The first-order valence-corrected chi connectivity index (χ1v) is 8.33. The third-order valence-electron chi connectivity index (χ3n) is 3.35. The topological polar surface area (TPSA) is 69.0 Å². The third kappa shape index (κ3) is 5.11. The van der Waals surface area contributed by atoms with E-state index in [1.165, 1.54) is 6.33 Å². The highest BCUT2D eigenvalue weighted by Crippen LogP contribution is 2.27. The number of carbonyl (C=O) groups excluding carboxylic acids is 1. The van der Waals surface area contributed by atoms with E-state index in [-0.39, 0.29) is 18.6 Å². The van der Waals surface area contributed by atoms with Crippen molar-refractivity contribution in [3.8, 4) is 5.75 Å². The molecule has 1 aromatic heterocycles. The SMILES string of the molecule is CC(C)C[C@H](NC(=O)COc1ccc(Cl)cc1Cl)c1ncnn1C. The second-order valence-electron chi connectivity index (χ2n) is 5.85. The Morgan fingerprint density at radius 2 is 2.12 bits per heavy atom. The Kier molecular flexibility index (Phi) is 6.45. The van der Waals surface area contributed by atoms with Crippen LogP contribution in [-0.2, 0) is 11.8 Å². The molecule has 2 aromatic rings. The number of aryl methyl sites for hydroxylation is 1. The van der Waals surface area contributed by atoms with Crippen molar-refractivity contribution in [2.24, 2.45) is 13.0 Å². The minimum absolute atomic E-state index is 0.145. The molecular formula is C16H20Cl2N4O2. The number of hydrogen-bond donors (Lipinski definition) is 1. The van der Waals surface area contributed by atoms with Crippen LogP contribution >= 0.6 is 23.2 Å². The quantitative estimate of drug-likeness (QED) is 0.810. The van der Waals surface area contributed by atoms with Gasteiger partial charge in [0.1, 0.15) is 17.9 Å². The van der Waals surface area contributed by atoms with Gasteiger partial charge >= 0.3 is 0 Å². The molecule has 6 nitrogen and oxygen atoms in total. The summed E-state index contributed by atoms with van der Waals surface area (Å²) in [6.07, 6.45) is 2.22. The summed E-state index contributed by atoms with van der Waals surface area (Å²) in [4.78, 5) is 16.5. The van der Waals surface area contributed by atoms with Crippen molar-refractivity contribution in [2.45, 2.75) is 26.3 Å². The van der Waals surface area contributed by atoms with Crippen LogP contribution in [0.2, 0.25) is 10.0 Å². The summed E-state index contributed by atoms with van der Waals surface area (Å²) in [6.45, 7) is 4.02. The normalized spacial score (nSPS) is 12.2. The minimum Gasteiger partial charge on any atom is -0.482 e. The van der Waals surface area contributed by atoms with Gasteiger partial charge in [-0.3, -0.25) is 9.48 Å². The Hall–Kier alpha value is -1.79. The van der Waals surface area contributed by atoms with Gasteiger partial charge in [0, 0.05) is 12.1 Å². The lowest BCUT2D eigenvalue weighted by Crippen LogP contribution is -2.34. The van der Waals surface area contributed by atoms with Gasteiger partial charge in [-0.15, -0.1) is 0 Å². The Labute approximate surface area is 151 Å². The molecule has 0 saturated heterocycles. The highest BCUT2D eigenvalue weighted by molar-refractivity contribution is 6.35. The largest absolute Gasteiger partial charge is 0.482 e. The average molecular weight is 371 g/mol. The van der Waals surface area contributed by atoms with E-state index in [4.69, 9.17) is 27.9 Å². The molecule has 1 heterocycles. The molecule has 130 valence electrons. The van der Waals surface area contributed by atoms with Crippen LogP contribution in [0.5, 0.6) is 5.75 Å². The van der Waals surface area contributed by atoms with E-state index in [9.17, 15) is 4.79 Å². The zero-order chi connectivity index (χ0) is 17.7. The maximum Gasteiger partial charge on any atom is 0.258 e. The number of amides is 1. The average Bonchev–Trinajstić information content (AvgIpc) is 2.91. The van der Waals surface area contributed by atoms with E-state index in [2.05, 4.69) is 29.2 Å². The smallest absolute Gasteiger partial charge is 0.258 e. The van der Waals surface area contributed by atoms with Crippen molar-refractivity contribution in [1.82, 2.24) is 20.1 Å². The zero-order valence-corrected chi connectivity index (χ0v) is 15.3. The molecule has 0 spiro atoms. The van der Waals surface area contributed by atoms with Crippen molar-refractivity contribution in [3.63, 3.8) is 0 Å². The van der Waals surface area contributed by atoms with Gasteiger partial charge in [0.25, 0.3) is 5.91 Å². The van der Waals surface area contributed by atoms with Crippen molar-refractivity contribution in [3.05, 3.63) is 40.4 Å². The molecule has 0 saturated carbocycles. The number of nitrogens with one attached hydrogen (secondary N) is 1. The molecule has 0 bridgehead atoms. The van der Waals surface area contributed by atoms with Gasteiger partial charge in [0.2, 0.25) is 0 Å². The third-order valence-corrected chi connectivity index (χ3v) is 3.88.